The van der Waals surface area contributed by atoms with Crippen molar-refractivity contribution in [2.45, 2.75) is 96.6 Å². The van der Waals surface area contributed by atoms with E-state index in [4.69, 9.17) is 14.2 Å². The van der Waals surface area contributed by atoms with Crippen LogP contribution in [0.1, 0.15) is 70.0 Å². The molecule has 0 unspecified atom stereocenters. The number of nitriles is 1. The minimum Gasteiger partial charge on any atom is -0.478 e. The van der Waals surface area contributed by atoms with Gasteiger partial charge in [-0.3, -0.25) is 4.68 Å². The second-order valence-corrected chi connectivity index (χ2v) is 21.5. The summed E-state index contributed by atoms with van der Waals surface area (Å²) >= 11 is 0. The first-order valence-electron chi connectivity index (χ1n) is 19.4. The van der Waals surface area contributed by atoms with E-state index in [2.05, 4.69) is 40.8 Å². The molecule has 1 saturated carbocycles. The number of carboxylic acids is 2. The molecule has 3 aromatic heterocycles. The van der Waals surface area contributed by atoms with Crippen molar-refractivity contribution < 1.29 is 43.6 Å². The summed E-state index contributed by atoms with van der Waals surface area (Å²) < 4.78 is 19.6. The topological polar surface area (TPSA) is 209 Å². The molecular weight excluding hydrogens is 773 g/mol. The predicted octanol–water partition coefficient (Wildman–Crippen LogP) is 7.48. The van der Waals surface area contributed by atoms with Crippen molar-refractivity contribution in [1.29, 1.82) is 5.26 Å². The second-order valence-electron chi connectivity index (χ2n) is 15.8. The SMILES string of the molecule is C[Si](C)(C)CCOCn1ccc2c(-c3cnn([C@H](CC#N)C4CCCC4)c3)ncnc21.Cc1ccc(C(=O)O[C@H](C(=O)O)[C@H](OC(=O)c2ccc(C)cc2)C(=O)O)cc1. The molecule has 0 bridgehead atoms. The predicted molar refractivity (Wildman–Crippen MR) is 220 cm³/mol. The maximum Gasteiger partial charge on any atom is 0.349 e. The van der Waals surface area contributed by atoms with Crippen LogP contribution in [0, 0.1) is 31.1 Å². The van der Waals surface area contributed by atoms with Gasteiger partial charge in [-0.25, -0.2) is 29.1 Å². The number of ether oxygens (including phenoxy) is 3. The Labute approximate surface area is 343 Å². The van der Waals surface area contributed by atoms with Crippen molar-refractivity contribution in [3.63, 3.8) is 0 Å². The van der Waals surface area contributed by atoms with Crippen LogP contribution in [0.4, 0.5) is 0 Å². The summed E-state index contributed by atoms with van der Waals surface area (Å²) in [5.41, 5.74) is 4.50. The lowest BCUT2D eigenvalue weighted by Gasteiger charge is -2.21. The van der Waals surface area contributed by atoms with Crippen molar-refractivity contribution in [2.75, 3.05) is 6.61 Å². The van der Waals surface area contributed by atoms with E-state index in [1.165, 1.54) is 49.9 Å². The standard InChI is InChI=1S/C23H32N6OSi.C20H18O8/c1-31(2,3)13-12-30-17-28-11-9-20-22(25-16-26-23(20)28)19-14-27-29(15-19)21(8-10-24)18-6-4-5-7-18;1-11-3-7-13(8-4-11)19(25)27-15(17(21)22)16(18(23)24)28-20(26)14-9-5-12(2)6-10-14/h9,11,14-16,18,21H,4-8,12-13,17H2,1-3H3;3-10,15-16H,1-2H3,(H,21,22)(H,23,24)/t21-;15-,16-/m10/s1. The molecule has 59 heavy (non-hydrogen) atoms. The van der Waals surface area contributed by atoms with Crippen LogP contribution in [-0.2, 0) is 30.5 Å². The molecule has 6 rings (SSSR count). The first kappa shape index (κ1) is 43.9. The van der Waals surface area contributed by atoms with Gasteiger partial charge < -0.3 is 29.0 Å². The minimum atomic E-state index is -2.22. The molecule has 1 aliphatic rings. The Morgan fingerprint density at radius 2 is 1.42 bits per heavy atom. The third-order valence-corrected chi connectivity index (χ3v) is 11.8. The molecule has 0 saturated heterocycles. The van der Waals surface area contributed by atoms with E-state index in [0.717, 1.165) is 46.1 Å². The molecule has 1 aliphatic carbocycles. The first-order chi connectivity index (χ1) is 28.1. The van der Waals surface area contributed by atoms with Gasteiger partial charge in [-0.2, -0.15) is 10.4 Å². The zero-order valence-corrected chi connectivity index (χ0v) is 34.9. The average molecular weight is 823 g/mol. The van der Waals surface area contributed by atoms with Crippen LogP contribution in [-0.4, -0.2) is 85.3 Å². The molecule has 0 radical (unpaired) electrons. The molecule has 16 heteroatoms. The molecule has 3 atom stereocenters. The van der Waals surface area contributed by atoms with Gasteiger partial charge in [0.15, 0.2) is 0 Å². The van der Waals surface area contributed by atoms with Crippen LogP contribution in [0.15, 0.2) is 79.5 Å². The number of carbonyl (C=O) groups is 4. The van der Waals surface area contributed by atoms with Crippen molar-refractivity contribution in [3.8, 4) is 17.3 Å². The molecule has 0 spiro atoms. The third kappa shape index (κ3) is 11.9. The first-order valence-corrected chi connectivity index (χ1v) is 23.2. The lowest BCUT2D eigenvalue weighted by atomic mass is 9.96. The van der Waals surface area contributed by atoms with Gasteiger partial charge in [0.2, 0.25) is 12.2 Å². The third-order valence-electron chi connectivity index (χ3n) is 10.0. The van der Waals surface area contributed by atoms with Crippen LogP contribution < -0.4 is 0 Å². The Kier molecular flexibility index (Phi) is 14.9. The Hall–Kier alpha value is -6.18. The Morgan fingerprint density at radius 3 is 1.93 bits per heavy atom. The Balaban J connectivity index is 0.000000226. The zero-order valence-electron chi connectivity index (χ0n) is 33.9. The number of hydrogen-bond donors (Lipinski definition) is 2. The molecule has 310 valence electrons. The largest absolute Gasteiger partial charge is 0.478 e. The highest BCUT2D eigenvalue weighted by Gasteiger charge is 2.41. The lowest BCUT2D eigenvalue weighted by Crippen LogP contribution is -2.45. The minimum absolute atomic E-state index is 0.0332. The zero-order chi connectivity index (χ0) is 42.7. The van der Waals surface area contributed by atoms with Crippen LogP contribution in [0.2, 0.25) is 25.7 Å². The summed E-state index contributed by atoms with van der Waals surface area (Å²) in [5.74, 6) is -5.09. The van der Waals surface area contributed by atoms with E-state index in [0.29, 0.717) is 19.1 Å². The van der Waals surface area contributed by atoms with E-state index < -0.39 is 44.2 Å². The van der Waals surface area contributed by atoms with Crippen molar-refractivity contribution in [1.82, 2.24) is 24.3 Å². The molecule has 1 fully saturated rings. The van der Waals surface area contributed by atoms with Gasteiger partial charge in [0.1, 0.15) is 18.7 Å². The highest BCUT2D eigenvalue weighted by molar-refractivity contribution is 6.76. The Morgan fingerprint density at radius 1 is 0.864 bits per heavy atom. The molecule has 2 N–H and O–H groups in total. The number of esters is 2. The fraction of sp³-hybridized carbons (Fsp3) is 0.395. The maximum atomic E-state index is 12.2. The normalized spacial score (nSPS) is 14.4. The fourth-order valence-electron chi connectivity index (χ4n) is 6.66. The van der Waals surface area contributed by atoms with E-state index >= 15 is 0 Å². The van der Waals surface area contributed by atoms with Gasteiger partial charge in [-0.05, 0) is 69.0 Å². The van der Waals surface area contributed by atoms with Crippen molar-refractivity contribution >= 4 is 43.0 Å². The summed E-state index contributed by atoms with van der Waals surface area (Å²) in [5, 5.41) is 33.6. The van der Waals surface area contributed by atoms with Crippen LogP contribution in [0.5, 0.6) is 0 Å². The molecular formula is C43H50N6O9Si. The maximum absolute atomic E-state index is 12.2. The highest BCUT2D eigenvalue weighted by Crippen LogP contribution is 2.37. The van der Waals surface area contributed by atoms with Gasteiger partial charge in [0.25, 0.3) is 0 Å². The fourth-order valence-corrected chi connectivity index (χ4v) is 7.42. The number of rotatable bonds is 16. The smallest absolute Gasteiger partial charge is 0.349 e. The molecule has 5 aromatic rings. The van der Waals surface area contributed by atoms with Gasteiger partial charge in [-0.1, -0.05) is 67.9 Å². The summed E-state index contributed by atoms with van der Waals surface area (Å²) in [7, 11) is -1.10. The van der Waals surface area contributed by atoms with Crippen LogP contribution >= 0.6 is 0 Å². The molecule has 2 aromatic carbocycles. The number of hydrogen-bond acceptors (Lipinski definition) is 11. The van der Waals surface area contributed by atoms with Crippen molar-refractivity contribution in [3.05, 3.63) is 102 Å². The van der Waals surface area contributed by atoms with E-state index in [9.17, 15) is 34.7 Å². The number of carbonyl (C=O) groups excluding carboxylic acids is 2. The van der Waals surface area contributed by atoms with E-state index in [1.54, 1.807) is 44.4 Å². The molecule has 0 aliphatic heterocycles. The highest BCUT2D eigenvalue weighted by atomic mass is 28.3. The second kappa shape index (κ2) is 20.0. The number of aryl methyl sites for hydroxylation is 2. The summed E-state index contributed by atoms with van der Waals surface area (Å²) in [6.07, 6.45) is 8.45. The van der Waals surface area contributed by atoms with Gasteiger partial charge in [0.05, 0.1) is 41.5 Å². The molecule has 3 heterocycles. The summed E-state index contributed by atoms with van der Waals surface area (Å²) in [4.78, 5) is 56.4. The van der Waals surface area contributed by atoms with Gasteiger partial charge >= 0.3 is 23.9 Å². The lowest BCUT2D eigenvalue weighted by molar-refractivity contribution is -0.166. The number of benzene rings is 2. The van der Waals surface area contributed by atoms with Gasteiger partial charge in [-0.15, -0.1) is 0 Å². The monoisotopic (exact) mass is 822 g/mol. The summed E-state index contributed by atoms with van der Waals surface area (Å²) in [6, 6.07) is 17.8. The number of fused-ring (bicyclic) bond motifs is 1. The number of aliphatic carboxylic acids is 2. The average Bonchev–Trinajstić information content (AvgIpc) is 3.99. The number of aromatic nitrogens is 5. The number of carboxylic acid groups (broad SMARTS) is 2. The number of nitrogens with zero attached hydrogens (tertiary/aromatic N) is 6. The van der Waals surface area contributed by atoms with Crippen molar-refractivity contribution in [2.24, 2.45) is 5.92 Å². The van der Waals surface area contributed by atoms with E-state index in [1.807, 2.05) is 33.9 Å². The van der Waals surface area contributed by atoms with E-state index in [-0.39, 0.29) is 17.2 Å². The molecule has 0 amide bonds. The quantitative estimate of drug-likeness (QED) is 0.0563. The summed E-state index contributed by atoms with van der Waals surface area (Å²) in [6.45, 7) is 11.9. The van der Waals surface area contributed by atoms with Crippen LogP contribution in [0.25, 0.3) is 22.3 Å². The Bertz CT molecular complexity index is 2190. The molecule has 15 nitrogen and oxygen atoms in total. The van der Waals surface area contributed by atoms with Gasteiger partial charge in [0, 0.05) is 38.0 Å². The van der Waals surface area contributed by atoms with Crippen LogP contribution in [0.3, 0.4) is 0 Å².